The van der Waals surface area contributed by atoms with Crippen LogP contribution in [0.5, 0.6) is 0 Å². The van der Waals surface area contributed by atoms with Gasteiger partial charge in [-0.2, -0.15) is 0 Å². The predicted molar refractivity (Wildman–Crippen MR) is 124 cm³/mol. The van der Waals surface area contributed by atoms with E-state index in [-0.39, 0.29) is 0 Å². The molecule has 0 bridgehead atoms. The van der Waals surface area contributed by atoms with E-state index < -0.39 is 0 Å². The van der Waals surface area contributed by atoms with Gasteiger partial charge in [-0.1, -0.05) is 107 Å². The molecule has 0 aromatic heterocycles. The molecule has 0 aliphatic heterocycles. The molecule has 3 rings (SSSR count). The van der Waals surface area contributed by atoms with E-state index >= 15 is 0 Å². The van der Waals surface area contributed by atoms with Crippen LogP contribution in [0.25, 0.3) is 0 Å². The molecule has 0 fully saturated rings. The molecule has 0 saturated carbocycles. The normalized spacial score (nSPS) is 11.9. The van der Waals surface area contributed by atoms with Gasteiger partial charge in [0.1, 0.15) is 0 Å². The highest BCUT2D eigenvalue weighted by molar-refractivity contribution is 5.58. The smallest absolute Gasteiger partial charge is 0.0384 e. The van der Waals surface area contributed by atoms with E-state index in [1.54, 1.807) is 0 Å². The Balaban J connectivity index is 0.000000202. The summed E-state index contributed by atoms with van der Waals surface area (Å²) in [6.45, 7) is 9.00. The molecule has 3 aromatic carbocycles. The number of nitrogens with one attached hydrogen (secondary N) is 1. The fourth-order valence-corrected chi connectivity index (χ4v) is 2.95. The van der Waals surface area contributed by atoms with E-state index in [4.69, 9.17) is 0 Å². The third kappa shape index (κ3) is 7.84. The van der Waals surface area contributed by atoms with Crippen molar-refractivity contribution >= 4 is 11.4 Å². The third-order valence-electron chi connectivity index (χ3n) is 4.44. The molecule has 0 amide bonds. The number of allylic oxidation sites excluding steroid dienone is 2. The first-order valence-electron chi connectivity index (χ1n) is 10.2. The maximum atomic E-state index is 3.30. The number of hydrogen-bond donors (Lipinski definition) is 1. The van der Waals surface area contributed by atoms with Crippen molar-refractivity contribution in [3.05, 3.63) is 109 Å². The highest BCUT2D eigenvalue weighted by atomic mass is 14.9. The van der Waals surface area contributed by atoms with Gasteiger partial charge in [-0.25, -0.2) is 0 Å². The molecule has 1 unspecified atom stereocenters. The lowest BCUT2D eigenvalue weighted by Crippen LogP contribution is -2.03. The summed E-state index contributed by atoms with van der Waals surface area (Å²) in [4.78, 5) is 0. The van der Waals surface area contributed by atoms with E-state index in [2.05, 4.69) is 75.5 Å². The Labute approximate surface area is 171 Å². The zero-order chi connectivity index (χ0) is 20.2. The molecule has 3 aromatic rings. The van der Waals surface area contributed by atoms with Gasteiger partial charge in [-0.05, 0) is 41.7 Å². The molecule has 0 spiro atoms. The molecular formula is C27H33N. The quantitative estimate of drug-likeness (QED) is 0.432. The molecule has 1 atom stereocenters. The van der Waals surface area contributed by atoms with Crippen LogP contribution in [0.3, 0.4) is 0 Å². The summed E-state index contributed by atoms with van der Waals surface area (Å²) in [5, 5.41) is 3.30. The highest BCUT2D eigenvalue weighted by Crippen LogP contribution is 2.26. The Hall–Kier alpha value is -2.80. The summed E-state index contributed by atoms with van der Waals surface area (Å²) in [5.74, 6) is 1.84. The summed E-state index contributed by atoms with van der Waals surface area (Å²) in [7, 11) is 0. The van der Waals surface area contributed by atoms with Crippen LogP contribution in [0.15, 0.2) is 103 Å². The second kappa shape index (κ2) is 11.8. The van der Waals surface area contributed by atoms with E-state index in [0.717, 1.165) is 11.4 Å². The number of anilines is 2. The van der Waals surface area contributed by atoms with Crippen LogP contribution in [-0.4, -0.2) is 0 Å². The molecule has 0 aliphatic carbocycles. The van der Waals surface area contributed by atoms with Gasteiger partial charge in [-0.15, -0.1) is 0 Å². The Bertz CT molecular complexity index is 752. The number of rotatable bonds is 6. The minimum atomic E-state index is 0.550. The van der Waals surface area contributed by atoms with Crippen molar-refractivity contribution < 1.29 is 0 Å². The van der Waals surface area contributed by atoms with Crippen LogP contribution < -0.4 is 5.32 Å². The summed E-state index contributed by atoms with van der Waals surface area (Å²) in [5.41, 5.74) is 3.66. The average Bonchev–Trinajstić information content (AvgIpc) is 2.70. The van der Waals surface area contributed by atoms with Gasteiger partial charge in [0.15, 0.2) is 0 Å². The minimum Gasteiger partial charge on any atom is -0.356 e. The largest absolute Gasteiger partial charge is 0.356 e. The molecule has 0 aliphatic rings. The van der Waals surface area contributed by atoms with Crippen molar-refractivity contribution in [1.29, 1.82) is 0 Å². The van der Waals surface area contributed by atoms with Crippen LogP contribution in [-0.2, 0) is 0 Å². The first-order chi connectivity index (χ1) is 13.6. The van der Waals surface area contributed by atoms with Crippen molar-refractivity contribution in [3.8, 4) is 0 Å². The fraction of sp³-hybridized carbons (Fsp3) is 0.259. The molecule has 1 N–H and O–H groups in total. The van der Waals surface area contributed by atoms with Crippen molar-refractivity contribution in [2.45, 2.75) is 33.6 Å². The van der Waals surface area contributed by atoms with Gasteiger partial charge >= 0.3 is 0 Å². The Morgan fingerprint density at radius 1 is 0.571 bits per heavy atom. The topological polar surface area (TPSA) is 12.0 Å². The van der Waals surface area contributed by atoms with Crippen molar-refractivity contribution in [2.75, 3.05) is 5.32 Å². The van der Waals surface area contributed by atoms with E-state index in [0.29, 0.717) is 17.8 Å². The van der Waals surface area contributed by atoms with Crippen molar-refractivity contribution in [3.63, 3.8) is 0 Å². The summed E-state index contributed by atoms with van der Waals surface area (Å²) in [6, 6.07) is 31.0. The van der Waals surface area contributed by atoms with Crippen LogP contribution in [0, 0.1) is 11.8 Å². The summed E-state index contributed by atoms with van der Waals surface area (Å²) >= 11 is 0. The van der Waals surface area contributed by atoms with Gasteiger partial charge in [-0.3, -0.25) is 0 Å². The molecule has 0 radical (unpaired) electrons. The van der Waals surface area contributed by atoms with E-state index in [9.17, 15) is 0 Å². The number of benzene rings is 3. The molecule has 1 heteroatoms. The molecule has 146 valence electrons. The van der Waals surface area contributed by atoms with Crippen molar-refractivity contribution in [1.82, 2.24) is 0 Å². The van der Waals surface area contributed by atoms with Gasteiger partial charge in [0.2, 0.25) is 0 Å². The van der Waals surface area contributed by atoms with Crippen LogP contribution in [0.2, 0.25) is 0 Å². The maximum absolute atomic E-state index is 3.30. The van der Waals surface area contributed by atoms with Gasteiger partial charge in [0, 0.05) is 17.3 Å². The number of para-hydroxylation sites is 2. The second-order valence-electron chi connectivity index (χ2n) is 7.67. The summed E-state index contributed by atoms with van der Waals surface area (Å²) in [6.07, 6.45) is 4.66. The molecule has 28 heavy (non-hydrogen) atoms. The Morgan fingerprint density at radius 2 is 1.00 bits per heavy atom. The van der Waals surface area contributed by atoms with Gasteiger partial charge in [0.05, 0.1) is 0 Å². The lowest BCUT2D eigenvalue weighted by molar-refractivity contribution is 0.574. The molecule has 1 nitrogen and oxygen atoms in total. The Kier molecular flexibility index (Phi) is 9.07. The first-order valence-corrected chi connectivity index (χ1v) is 10.2. The highest BCUT2D eigenvalue weighted by Gasteiger charge is 2.11. The Morgan fingerprint density at radius 3 is 1.39 bits per heavy atom. The fourth-order valence-electron chi connectivity index (χ4n) is 2.95. The van der Waals surface area contributed by atoms with Gasteiger partial charge < -0.3 is 5.32 Å². The average molecular weight is 372 g/mol. The first kappa shape index (κ1) is 21.5. The lowest BCUT2D eigenvalue weighted by atomic mass is 9.87. The summed E-state index contributed by atoms with van der Waals surface area (Å²) < 4.78 is 0. The van der Waals surface area contributed by atoms with Crippen molar-refractivity contribution in [2.24, 2.45) is 11.8 Å². The second-order valence-corrected chi connectivity index (χ2v) is 7.67. The molecular weight excluding hydrogens is 338 g/mol. The van der Waals surface area contributed by atoms with Crippen LogP contribution in [0.4, 0.5) is 11.4 Å². The standard InChI is InChI=1S/C15H22.C12H11N/c1-12(2)10-11-15(13(3)4)14-8-6-5-7-9-14;1-3-7-11(8-4-1)13-12-9-5-2-6-10-12/h5-13,15H,1-4H3;1-10,13H. The molecule has 0 heterocycles. The van der Waals surface area contributed by atoms with E-state index in [1.165, 1.54) is 5.56 Å². The third-order valence-corrected chi connectivity index (χ3v) is 4.44. The zero-order valence-corrected chi connectivity index (χ0v) is 17.5. The monoisotopic (exact) mass is 371 g/mol. The van der Waals surface area contributed by atoms with Gasteiger partial charge in [0.25, 0.3) is 0 Å². The maximum Gasteiger partial charge on any atom is 0.0384 e. The predicted octanol–water partition coefficient (Wildman–Crippen LogP) is 8.07. The number of hydrogen-bond acceptors (Lipinski definition) is 1. The van der Waals surface area contributed by atoms with Crippen LogP contribution >= 0.6 is 0 Å². The minimum absolute atomic E-state index is 0.550. The lowest BCUT2D eigenvalue weighted by Gasteiger charge is -2.17. The van der Waals surface area contributed by atoms with Crippen LogP contribution in [0.1, 0.15) is 39.2 Å². The van der Waals surface area contributed by atoms with E-state index in [1.807, 2.05) is 60.7 Å². The zero-order valence-electron chi connectivity index (χ0n) is 17.5. The molecule has 0 saturated heterocycles. The SMILES string of the molecule is CC(C)C=CC(c1ccccc1)C(C)C.c1ccc(Nc2ccccc2)cc1.